The minimum absolute atomic E-state index is 0.00936. The van der Waals surface area contributed by atoms with Crippen LogP contribution < -0.4 is 0 Å². The van der Waals surface area contributed by atoms with Crippen molar-refractivity contribution in [2.24, 2.45) is 5.41 Å². The standard InChI is InChI=1S/C18H26ClNOS2/c19-16-4-1-3-15(9-16)10-18(14-21)5-2-6-20(13-18)17-11-22-7-8-23-12-17/h1,3-4,9,17,21H,2,5-8,10-14H2. The van der Waals surface area contributed by atoms with Gasteiger partial charge in [-0.15, -0.1) is 0 Å². The molecule has 0 spiro atoms. The predicted molar refractivity (Wildman–Crippen MR) is 104 cm³/mol. The highest BCUT2D eigenvalue weighted by molar-refractivity contribution is 8.03. The number of rotatable bonds is 4. The van der Waals surface area contributed by atoms with Crippen LogP contribution in [-0.2, 0) is 6.42 Å². The third-order valence-corrected chi connectivity index (χ3v) is 7.72. The summed E-state index contributed by atoms with van der Waals surface area (Å²) < 4.78 is 0. The number of hydrogen-bond acceptors (Lipinski definition) is 4. The SMILES string of the molecule is OCC1(Cc2cccc(Cl)c2)CCCN(C2CSCCSC2)C1. The van der Waals surface area contributed by atoms with Crippen molar-refractivity contribution in [3.8, 4) is 0 Å². The summed E-state index contributed by atoms with van der Waals surface area (Å²) in [5, 5.41) is 11.0. The molecule has 23 heavy (non-hydrogen) atoms. The molecule has 1 aromatic carbocycles. The number of aliphatic hydroxyl groups excluding tert-OH is 1. The molecular formula is C18H26ClNOS2. The van der Waals surface area contributed by atoms with E-state index in [9.17, 15) is 5.11 Å². The Morgan fingerprint density at radius 1 is 1.26 bits per heavy atom. The molecule has 5 heteroatoms. The van der Waals surface area contributed by atoms with Crippen LogP contribution in [0, 0.1) is 5.41 Å². The summed E-state index contributed by atoms with van der Waals surface area (Å²) in [6, 6.07) is 8.79. The topological polar surface area (TPSA) is 23.5 Å². The van der Waals surface area contributed by atoms with E-state index in [1.807, 2.05) is 12.1 Å². The first-order valence-electron chi connectivity index (χ1n) is 8.46. The van der Waals surface area contributed by atoms with Crippen molar-refractivity contribution >= 4 is 35.1 Å². The van der Waals surface area contributed by atoms with E-state index in [2.05, 4.69) is 40.6 Å². The van der Waals surface area contributed by atoms with Crippen LogP contribution in [0.5, 0.6) is 0 Å². The summed E-state index contributed by atoms with van der Waals surface area (Å²) in [6.07, 6.45) is 3.22. The minimum atomic E-state index is -0.00936. The van der Waals surface area contributed by atoms with E-state index in [-0.39, 0.29) is 12.0 Å². The predicted octanol–water partition coefficient (Wildman–Crippen LogP) is 3.81. The highest BCUT2D eigenvalue weighted by atomic mass is 35.5. The van der Waals surface area contributed by atoms with Crippen molar-refractivity contribution in [3.05, 3.63) is 34.9 Å². The van der Waals surface area contributed by atoms with E-state index >= 15 is 0 Å². The van der Waals surface area contributed by atoms with E-state index in [0.29, 0.717) is 6.04 Å². The Labute approximate surface area is 153 Å². The molecule has 0 radical (unpaired) electrons. The van der Waals surface area contributed by atoms with E-state index in [1.165, 1.54) is 41.5 Å². The lowest BCUT2D eigenvalue weighted by Crippen LogP contribution is -2.51. The normalized spacial score (nSPS) is 27.7. The molecule has 3 rings (SSSR count). The molecular weight excluding hydrogens is 346 g/mol. The van der Waals surface area contributed by atoms with Crippen LogP contribution in [0.4, 0.5) is 0 Å². The molecule has 0 saturated carbocycles. The molecule has 2 aliphatic heterocycles. The Kier molecular flexibility index (Phi) is 6.62. The van der Waals surface area contributed by atoms with Gasteiger partial charge in [-0.25, -0.2) is 0 Å². The van der Waals surface area contributed by atoms with Crippen molar-refractivity contribution in [2.45, 2.75) is 25.3 Å². The van der Waals surface area contributed by atoms with Gasteiger partial charge in [-0.3, -0.25) is 4.90 Å². The van der Waals surface area contributed by atoms with Gasteiger partial charge in [-0.1, -0.05) is 23.7 Å². The first-order chi connectivity index (χ1) is 11.2. The first-order valence-corrected chi connectivity index (χ1v) is 11.1. The van der Waals surface area contributed by atoms with Gasteiger partial charge in [0.25, 0.3) is 0 Å². The Morgan fingerprint density at radius 2 is 2.04 bits per heavy atom. The molecule has 0 bridgehead atoms. The van der Waals surface area contributed by atoms with E-state index in [0.717, 1.165) is 24.4 Å². The van der Waals surface area contributed by atoms with Crippen LogP contribution in [0.1, 0.15) is 18.4 Å². The molecule has 0 amide bonds. The summed E-state index contributed by atoms with van der Waals surface area (Å²) in [4.78, 5) is 2.65. The number of piperidine rings is 1. The maximum Gasteiger partial charge on any atom is 0.0502 e. The molecule has 1 atom stereocenters. The molecule has 2 nitrogen and oxygen atoms in total. The lowest BCUT2D eigenvalue weighted by molar-refractivity contribution is 0.0207. The molecule has 0 aliphatic carbocycles. The number of likely N-dealkylation sites (tertiary alicyclic amines) is 1. The monoisotopic (exact) mass is 371 g/mol. The second kappa shape index (κ2) is 8.48. The van der Waals surface area contributed by atoms with Gasteiger partial charge in [0.05, 0.1) is 6.61 Å². The number of hydrogen-bond donors (Lipinski definition) is 1. The van der Waals surface area contributed by atoms with E-state index < -0.39 is 0 Å². The van der Waals surface area contributed by atoms with Gasteiger partial charge in [0.2, 0.25) is 0 Å². The highest BCUT2D eigenvalue weighted by Gasteiger charge is 2.37. The zero-order valence-electron chi connectivity index (χ0n) is 13.5. The Balaban J connectivity index is 1.70. The smallest absolute Gasteiger partial charge is 0.0502 e. The number of halogens is 1. The average molecular weight is 372 g/mol. The Morgan fingerprint density at radius 3 is 2.74 bits per heavy atom. The number of nitrogens with zero attached hydrogens (tertiary/aromatic N) is 1. The van der Waals surface area contributed by atoms with Crippen molar-refractivity contribution < 1.29 is 5.11 Å². The summed E-state index contributed by atoms with van der Waals surface area (Å²) in [5.74, 6) is 5.04. The van der Waals surface area contributed by atoms with Crippen molar-refractivity contribution in [1.82, 2.24) is 4.90 Å². The molecule has 1 aromatic rings. The van der Waals surface area contributed by atoms with Gasteiger partial charge in [-0.2, -0.15) is 23.5 Å². The van der Waals surface area contributed by atoms with Crippen molar-refractivity contribution in [3.63, 3.8) is 0 Å². The lowest BCUT2D eigenvalue weighted by Gasteiger charge is -2.45. The number of aliphatic hydroxyl groups is 1. The second-order valence-electron chi connectivity index (χ2n) is 6.84. The lowest BCUT2D eigenvalue weighted by atomic mass is 9.75. The van der Waals surface area contributed by atoms with Crippen molar-refractivity contribution in [1.29, 1.82) is 0 Å². The van der Waals surface area contributed by atoms with Crippen LogP contribution in [-0.4, -0.2) is 58.8 Å². The second-order valence-corrected chi connectivity index (χ2v) is 9.58. The maximum atomic E-state index is 10.2. The van der Waals surface area contributed by atoms with E-state index in [4.69, 9.17) is 11.6 Å². The number of benzene rings is 1. The van der Waals surface area contributed by atoms with Gasteiger partial charge in [-0.05, 0) is 43.5 Å². The van der Waals surface area contributed by atoms with Crippen LogP contribution in [0.15, 0.2) is 24.3 Å². The van der Waals surface area contributed by atoms with Crippen LogP contribution in [0.25, 0.3) is 0 Å². The summed E-state index contributed by atoms with van der Waals surface area (Å²) in [6.45, 7) is 2.47. The van der Waals surface area contributed by atoms with Gasteiger partial charge < -0.3 is 5.11 Å². The van der Waals surface area contributed by atoms with Crippen molar-refractivity contribution in [2.75, 3.05) is 42.7 Å². The van der Waals surface area contributed by atoms with Crippen LogP contribution >= 0.6 is 35.1 Å². The Bertz CT molecular complexity index is 508. The van der Waals surface area contributed by atoms with Gasteiger partial charge in [0.15, 0.2) is 0 Å². The largest absolute Gasteiger partial charge is 0.396 e. The minimum Gasteiger partial charge on any atom is -0.396 e. The van der Waals surface area contributed by atoms with Gasteiger partial charge in [0, 0.05) is 46.0 Å². The first kappa shape index (κ1) is 17.9. The third kappa shape index (κ3) is 4.82. The zero-order valence-corrected chi connectivity index (χ0v) is 15.9. The summed E-state index contributed by atoms with van der Waals surface area (Å²) in [5.41, 5.74) is 1.24. The molecule has 2 saturated heterocycles. The Hall–Kier alpha value is 0.130. The van der Waals surface area contributed by atoms with E-state index in [1.54, 1.807) is 0 Å². The molecule has 2 heterocycles. The summed E-state index contributed by atoms with van der Waals surface area (Å²) in [7, 11) is 0. The molecule has 1 N–H and O–H groups in total. The fraction of sp³-hybridized carbons (Fsp3) is 0.667. The van der Waals surface area contributed by atoms with Gasteiger partial charge in [0.1, 0.15) is 0 Å². The average Bonchev–Trinajstić information content (AvgIpc) is 2.84. The fourth-order valence-electron chi connectivity index (χ4n) is 3.78. The molecule has 128 valence electrons. The molecule has 2 aliphatic rings. The van der Waals surface area contributed by atoms with Crippen LogP contribution in [0.2, 0.25) is 5.02 Å². The molecule has 1 unspecified atom stereocenters. The molecule has 0 aromatic heterocycles. The highest BCUT2D eigenvalue weighted by Crippen LogP contribution is 2.36. The quantitative estimate of drug-likeness (QED) is 0.869. The zero-order chi connectivity index (χ0) is 16.1. The maximum absolute atomic E-state index is 10.2. The van der Waals surface area contributed by atoms with Gasteiger partial charge >= 0.3 is 0 Å². The number of thioether (sulfide) groups is 2. The molecule has 2 fully saturated rings. The third-order valence-electron chi connectivity index (χ3n) is 5.00. The summed E-state index contributed by atoms with van der Waals surface area (Å²) >= 11 is 10.3. The fourth-order valence-corrected chi connectivity index (χ4v) is 6.62. The van der Waals surface area contributed by atoms with Crippen LogP contribution in [0.3, 0.4) is 0 Å².